The molecule has 1 aromatic rings. The molecule has 0 unspecified atom stereocenters. The molecule has 0 fully saturated rings. The Morgan fingerprint density at radius 1 is 1.53 bits per heavy atom. The Labute approximate surface area is 97.0 Å². The van der Waals surface area contributed by atoms with Crippen LogP contribution in [0.3, 0.4) is 0 Å². The summed E-state index contributed by atoms with van der Waals surface area (Å²) in [7, 11) is 0.842. The Kier molecular flexibility index (Phi) is 3.51. The third-order valence-corrected chi connectivity index (χ3v) is 3.76. The van der Waals surface area contributed by atoms with Crippen molar-refractivity contribution in [1.82, 2.24) is 4.98 Å². The van der Waals surface area contributed by atoms with Crippen LogP contribution in [-0.4, -0.2) is 13.4 Å². The van der Waals surface area contributed by atoms with E-state index in [1.54, 1.807) is 0 Å². The molecule has 0 aromatic carbocycles. The molecular weight excluding hydrogens is 317 g/mol. The Hall–Kier alpha value is -0.470. The molecule has 0 saturated heterocycles. The van der Waals surface area contributed by atoms with Crippen LogP contribution in [0.2, 0.25) is 0 Å². The second-order valence-corrected chi connectivity index (χ2v) is 5.83. The summed E-state index contributed by atoms with van der Waals surface area (Å²) in [5, 5.41) is 0. The molecule has 9 heteroatoms. The molecule has 1 aromatic heterocycles. The largest absolute Gasteiger partial charge is 0.396 e. The summed E-state index contributed by atoms with van der Waals surface area (Å²) < 4.78 is 46.7. The highest BCUT2D eigenvalue weighted by molar-refractivity contribution is 9.10. The predicted octanol–water partition coefficient (Wildman–Crippen LogP) is 2.29. The maximum absolute atomic E-state index is 12.3. The number of hydrogen-bond acceptors (Lipinski definition) is 4. The highest BCUT2D eigenvalue weighted by Crippen LogP contribution is 2.35. The Balaban J connectivity index is 3.59. The lowest BCUT2D eigenvalue weighted by Crippen LogP contribution is -2.06. The fourth-order valence-electron chi connectivity index (χ4n) is 0.921. The van der Waals surface area contributed by atoms with Crippen molar-refractivity contribution in [1.29, 1.82) is 0 Å². The molecule has 0 spiro atoms. The molecule has 0 saturated carbocycles. The highest BCUT2D eigenvalue weighted by Gasteiger charge is 2.25. The number of nitrogen functional groups attached to an aromatic ring is 1. The number of halogens is 4. The van der Waals surface area contributed by atoms with Crippen molar-refractivity contribution in [3.8, 4) is 0 Å². The molecule has 0 aliphatic carbocycles. The minimum Gasteiger partial charge on any atom is -0.396 e. The van der Waals surface area contributed by atoms with Crippen molar-refractivity contribution < 1.29 is 17.2 Å². The van der Waals surface area contributed by atoms with Gasteiger partial charge in [0.05, 0.1) is 10.2 Å². The summed E-state index contributed by atoms with van der Waals surface area (Å²) in [5.41, 5.74) is 3.78. The van der Waals surface area contributed by atoms with Gasteiger partial charge in [-0.1, -0.05) is 0 Å². The molecule has 1 rings (SSSR count). The van der Waals surface area contributed by atoms with Crippen LogP contribution < -0.4 is 5.73 Å². The van der Waals surface area contributed by atoms with Gasteiger partial charge < -0.3 is 5.73 Å². The lowest BCUT2D eigenvalue weighted by molar-refractivity contribution is 0.146. The monoisotopic (exact) mass is 320 g/mol. The number of pyridine rings is 1. The summed E-state index contributed by atoms with van der Waals surface area (Å²) in [6, 6.07) is 0. The van der Waals surface area contributed by atoms with Gasteiger partial charge in [0.15, 0.2) is 0 Å². The molecule has 0 amide bonds. The van der Waals surface area contributed by atoms with E-state index in [2.05, 4.69) is 20.9 Å². The van der Waals surface area contributed by atoms with Gasteiger partial charge in [0, 0.05) is 16.9 Å². The standard InChI is InChI=1S/C6H4BrClF2N2O2S/c7-2-1-12-4(6(9)10)3(11)5(2)15(8,13)14/h1,6H,11H2. The normalized spacial score (nSPS) is 12.1. The number of nitrogens with two attached hydrogens (primary N) is 1. The number of rotatable bonds is 2. The molecule has 84 valence electrons. The van der Waals surface area contributed by atoms with Crippen LogP contribution in [0, 0.1) is 0 Å². The SMILES string of the molecule is Nc1c(C(F)F)ncc(Br)c1S(=O)(=O)Cl. The molecule has 0 bridgehead atoms. The van der Waals surface area contributed by atoms with Crippen LogP contribution in [-0.2, 0) is 9.05 Å². The Bertz CT molecular complexity index is 494. The number of aromatic nitrogens is 1. The molecule has 2 N–H and O–H groups in total. The summed E-state index contributed by atoms with van der Waals surface area (Å²) in [4.78, 5) is 2.72. The predicted molar refractivity (Wildman–Crippen MR) is 54.3 cm³/mol. The van der Waals surface area contributed by atoms with Gasteiger partial charge in [-0.05, 0) is 15.9 Å². The van der Waals surface area contributed by atoms with Gasteiger partial charge in [0.2, 0.25) is 0 Å². The maximum atomic E-state index is 12.3. The zero-order valence-electron chi connectivity index (χ0n) is 6.92. The summed E-state index contributed by atoms with van der Waals surface area (Å²) >= 11 is 2.82. The number of nitrogens with zero attached hydrogens (tertiary/aromatic N) is 1. The van der Waals surface area contributed by atoms with Gasteiger partial charge in [-0.15, -0.1) is 0 Å². The van der Waals surface area contributed by atoms with E-state index in [4.69, 9.17) is 16.4 Å². The first-order valence-corrected chi connectivity index (χ1v) is 6.52. The maximum Gasteiger partial charge on any atom is 0.282 e. The second-order valence-electron chi connectivity index (χ2n) is 2.47. The van der Waals surface area contributed by atoms with Crippen LogP contribution >= 0.6 is 26.6 Å². The summed E-state index contributed by atoms with van der Waals surface area (Å²) in [6.45, 7) is 0. The number of anilines is 1. The van der Waals surface area contributed by atoms with Gasteiger partial charge in [-0.2, -0.15) is 0 Å². The minimum atomic E-state index is -4.19. The van der Waals surface area contributed by atoms with E-state index >= 15 is 0 Å². The first kappa shape index (κ1) is 12.6. The highest BCUT2D eigenvalue weighted by atomic mass is 79.9. The fourth-order valence-corrected chi connectivity index (χ4v) is 3.31. The van der Waals surface area contributed by atoms with Crippen molar-refractivity contribution >= 4 is 41.4 Å². The van der Waals surface area contributed by atoms with Gasteiger partial charge in [-0.25, -0.2) is 17.2 Å². The molecular formula is C6H4BrClF2N2O2S. The molecule has 15 heavy (non-hydrogen) atoms. The first-order chi connectivity index (χ1) is 6.75. The molecule has 4 nitrogen and oxygen atoms in total. The van der Waals surface area contributed by atoms with Gasteiger partial charge in [-0.3, -0.25) is 4.98 Å². The minimum absolute atomic E-state index is 0.0561. The van der Waals surface area contributed by atoms with Gasteiger partial charge >= 0.3 is 0 Å². The van der Waals surface area contributed by atoms with Gasteiger partial charge in [0.25, 0.3) is 15.5 Å². The summed E-state index contributed by atoms with van der Waals surface area (Å²) in [5.74, 6) is 0. The Morgan fingerprint density at radius 3 is 2.47 bits per heavy atom. The molecule has 0 radical (unpaired) electrons. The number of alkyl halides is 2. The van der Waals surface area contributed by atoms with E-state index in [1.165, 1.54) is 0 Å². The molecule has 1 heterocycles. The van der Waals surface area contributed by atoms with Crippen molar-refractivity contribution in [2.24, 2.45) is 0 Å². The first-order valence-electron chi connectivity index (χ1n) is 3.42. The van der Waals surface area contributed by atoms with Crippen LogP contribution in [0.15, 0.2) is 15.6 Å². The molecule has 0 aliphatic rings. The van der Waals surface area contributed by atoms with Crippen molar-refractivity contribution in [3.05, 3.63) is 16.4 Å². The second kappa shape index (κ2) is 4.18. The fraction of sp³-hybridized carbons (Fsp3) is 0.167. The third kappa shape index (κ3) is 2.56. The van der Waals surface area contributed by atoms with Crippen molar-refractivity contribution in [3.63, 3.8) is 0 Å². The van der Waals surface area contributed by atoms with Crippen LogP contribution in [0.1, 0.15) is 12.1 Å². The van der Waals surface area contributed by atoms with Crippen molar-refractivity contribution in [2.45, 2.75) is 11.3 Å². The molecule has 0 aliphatic heterocycles. The van der Waals surface area contributed by atoms with Gasteiger partial charge in [0.1, 0.15) is 10.6 Å². The van der Waals surface area contributed by atoms with E-state index in [0.717, 1.165) is 6.20 Å². The summed E-state index contributed by atoms with van der Waals surface area (Å²) in [6.07, 6.45) is -2.05. The smallest absolute Gasteiger partial charge is 0.282 e. The topological polar surface area (TPSA) is 73.0 Å². The van der Waals surface area contributed by atoms with Crippen molar-refractivity contribution in [2.75, 3.05) is 5.73 Å². The lowest BCUT2D eigenvalue weighted by atomic mass is 10.3. The third-order valence-electron chi connectivity index (χ3n) is 1.50. The van der Waals surface area contributed by atoms with Crippen LogP contribution in [0.25, 0.3) is 0 Å². The quantitative estimate of drug-likeness (QED) is 0.848. The van der Waals surface area contributed by atoms with Crippen LogP contribution in [0.5, 0.6) is 0 Å². The van der Waals surface area contributed by atoms with E-state index in [9.17, 15) is 17.2 Å². The van der Waals surface area contributed by atoms with E-state index < -0.39 is 31.8 Å². The Morgan fingerprint density at radius 2 is 2.07 bits per heavy atom. The van der Waals surface area contributed by atoms with E-state index in [-0.39, 0.29) is 4.47 Å². The number of hydrogen-bond donors (Lipinski definition) is 1. The molecule has 0 atom stereocenters. The van der Waals surface area contributed by atoms with E-state index in [1.807, 2.05) is 0 Å². The zero-order chi connectivity index (χ0) is 11.8. The average molecular weight is 322 g/mol. The van der Waals surface area contributed by atoms with Crippen LogP contribution in [0.4, 0.5) is 14.5 Å². The average Bonchev–Trinajstić information content (AvgIpc) is 2.00. The lowest BCUT2D eigenvalue weighted by Gasteiger charge is -2.08. The zero-order valence-corrected chi connectivity index (χ0v) is 10.1. The van der Waals surface area contributed by atoms with E-state index in [0.29, 0.717) is 0 Å².